The first-order valence-electron chi connectivity index (χ1n) is 16.2. The van der Waals surface area contributed by atoms with Gasteiger partial charge in [-0.1, -0.05) is 43.5 Å². The summed E-state index contributed by atoms with van der Waals surface area (Å²) in [6.45, 7) is 12.8. The SMILES string of the molecule is CCCCCCOc1ccc2c(C(=O)CC(CCn3nnc4ccccc4c3=O)(C(=O)OC(C)(C)C)C(O)OC(C)(C)C)coc2c1. The Morgan fingerprint density at radius 1 is 0.979 bits per heavy atom. The summed E-state index contributed by atoms with van der Waals surface area (Å²) in [5.41, 5.74) is -3.10. The highest BCUT2D eigenvalue weighted by atomic mass is 16.6. The van der Waals surface area contributed by atoms with Gasteiger partial charge >= 0.3 is 5.97 Å². The molecular formula is C36H47N3O8. The van der Waals surface area contributed by atoms with Crippen molar-refractivity contribution in [3.8, 4) is 5.75 Å². The van der Waals surface area contributed by atoms with Crippen LogP contribution in [0.4, 0.5) is 0 Å². The quantitative estimate of drug-likeness (QED) is 0.0646. The number of ketones is 1. The number of aliphatic hydroxyl groups is 1. The van der Waals surface area contributed by atoms with Crippen LogP contribution in [0.2, 0.25) is 0 Å². The maximum Gasteiger partial charge on any atom is 0.318 e. The molecule has 0 fully saturated rings. The van der Waals surface area contributed by atoms with Gasteiger partial charge in [-0.2, -0.15) is 0 Å². The van der Waals surface area contributed by atoms with Crippen molar-refractivity contribution in [3.63, 3.8) is 0 Å². The highest BCUT2D eigenvalue weighted by Gasteiger charge is 2.51. The van der Waals surface area contributed by atoms with Gasteiger partial charge < -0.3 is 23.7 Å². The summed E-state index contributed by atoms with van der Waals surface area (Å²) in [6.07, 6.45) is 3.16. The summed E-state index contributed by atoms with van der Waals surface area (Å²) in [7, 11) is 0. The molecule has 0 radical (unpaired) electrons. The summed E-state index contributed by atoms with van der Waals surface area (Å²) in [4.78, 5) is 41.6. The van der Waals surface area contributed by atoms with Crippen molar-refractivity contribution in [2.75, 3.05) is 6.61 Å². The molecule has 2 aromatic carbocycles. The standard InChI is InChI=1S/C36H47N3O8/c1-8-9-10-13-20-44-24-16-17-25-27(23-45-30(25)21-24)29(40)22-36(32(42)46-34(2,3)4,33(43)47-35(5,6)7)18-19-39-31(41)26-14-11-12-15-28(26)37-38-39/h11-12,14-17,21,23,32,42H,8-10,13,18-20,22H2,1-7H3. The number of aromatic nitrogens is 3. The van der Waals surface area contributed by atoms with Gasteiger partial charge in [0.2, 0.25) is 0 Å². The van der Waals surface area contributed by atoms with Crippen LogP contribution in [0.5, 0.6) is 5.75 Å². The molecule has 0 aliphatic rings. The van der Waals surface area contributed by atoms with E-state index in [0.717, 1.165) is 30.4 Å². The number of aryl methyl sites for hydroxylation is 1. The molecule has 2 atom stereocenters. The van der Waals surface area contributed by atoms with Crippen molar-refractivity contribution in [1.82, 2.24) is 15.0 Å². The van der Waals surface area contributed by atoms with Crippen LogP contribution in [0.25, 0.3) is 21.9 Å². The van der Waals surface area contributed by atoms with E-state index in [1.54, 1.807) is 84.0 Å². The molecule has 0 amide bonds. The van der Waals surface area contributed by atoms with E-state index >= 15 is 0 Å². The first-order valence-corrected chi connectivity index (χ1v) is 16.2. The number of unbranched alkanes of at least 4 members (excludes halogenated alkanes) is 3. The molecule has 4 rings (SSSR count). The van der Waals surface area contributed by atoms with Gasteiger partial charge in [0.15, 0.2) is 12.1 Å². The topological polar surface area (TPSA) is 143 Å². The molecule has 0 saturated carbocycles. The van der Waals surface area contributed by atoms with Crippen molar-refractivity contribution in [2.45, 2.75) is 111 Å². The minimum absolute atomic E-state index is 0.154. The number of hydrogen-bond acceptors (Lipinski definition) is 10. The number of ether oxygens (including phenoxy) is 3. The number of benzene rings is 2. The van der Waals surface area contributed by atoms with Gasteiger partial charge in [-0.25, -0.2) is 4.68 Å². The molecule has 254 valence electrons. The lowest BCUT2D eigenvalue weighted by Crippen LogP contribution is -2.51. The minimum atomic E-state index is -1.93. The fourth-order valence-corrected chi connectivity index (χ4v) is 5.29. The second kappa shape index (κ2) is 14.8. The molecular weight excluding hydrogens is 602 g/mol. The van der Waals surface area contributed by atoms with Crippen LogP contribution in [0.15, 0.2) is 57.9 Å². The molecule has 0 spiro atoms. The van der Waals surface area contributed by atoms with E-state index in [4.69, 9.17) is 18.6 Å². The first-order chi connectivity index (χ1) is 22.1. The molecule has 0 aliphatic carbocycles. The third kappa shape index (κ3) is 9.04. The van der Waals surface area contributed by atoms with Crippen molar-refractivity contribution in [1.29, 1.82) is 0 Å². The number of aliphatic hydroxyl groups excluding tert-OH is 1. The maximum absolute atomic E-state index is 14.1. The average molecular weight is 650 g/mol. The zero-order valence-corrected chi connectivity index (χ0v) is 28.5. The molecule has 4 aromatic rings. The lowest BCUT2D eigenvalue weighted by molar-refractivity contribution is -0.238. The normalized spacial score (nSPS) is 14.2. The van der Waals surface area contributed by atoms with E-state index in [1.165, 1.54) is 6.26 Å². The summed E-state index contributed by atoms with van der Waals surface area (Å²) in [6, 6.07) is 12.0. The summed E-state index contributed by atoms with van der Waals surface area (Å²) in [5, 5.41) is 20.8. The highest BCUT2D eigenvalue weighted by molar-refractivity contribution is 6.08. The van der Waals surface area contributed by atoms with Crippen LogP contribution >= 0.6 is 0 Å². The number of rotatable bonds is 15. The Kier molecular flexibility index (Phi) is 11.2. The lowest BCUT2D eigenvalue weighted by Gasteiger charge is -2.39. The Morgan fingerprint density at radius 2 is 1.72 bits per heavy atom. The van der Waals surface area contributed by atoms with Gasteiger partial charge in [0.25, 0.3) is 5.56 Å². The summed E-state index contributed by atoms with van der Waals surface area (Å²) in [5.74, 6) is -0.693. The fraction of sp³-hybridized carbons (Fsp3) is 0.528. The Labute approximate surface area is 275 Å². The monoisotopic (exact) mass is 649 g/mol. The van der Waals surface area contributed by atoms with Crippen molar-refractivity contribution >= 4 is 33.6 Å². The number of fused-ring (bicyclic) bond motifs is 2. The van der Waals surface area contributed by atoms with Crippen LogP contribution in [0.1, 0.15) is 97.3 Å². The Hall–Kier alpha value is -4.09. The van der Waals surface area contributed by atoms with E-state index in [-0.39, 0.29) is 18.5 Å². The molecule has 0 aliphatic heterocycles. The first kappa shape index (κ1) is 35.8. The van der Waals surface area contributed by atoms with E-state index in [9.17, 15) is 19.5 Å². The van der Waals surface area contributed by atoms with Crippen LogP contribution < -0.4 is 10.3 Å². The molecule has 0 bridgehead atoms. The van der Waals surface area contributed by atoms with Crippen LogP contribution in [0, 0.1) is 5.41 Å². The zero-order valence-electron chi connectivity index (χ0n) is 28.5. The highest BCUT2D eigenvalue weighted by Crippen LogP contribution is 2.40. The smallest absolute Gasteiger partial charge is 0.318 e. The summed E-state index contributed by atoms with van der Waals surface area (Å²) < 4.78 is 24.5. The lowest BCUT2D eigenvalue weighted by atomic mass is 9.77. The van der Waals surface area contributed by atoms with Crippen LogP contribution in [0.3, 0.4) is 0 Å². The van der Waals surface area contributed by atoms with Gasteiger partial charge in [0.1, 0.15) is 34.1 Å². The average Bonchev–Trinajstić information content (AvgIpc) is 3.42. The fourth-order valence-electron chi connectivity index (χ4n) is 5.29. The molecule has 2 heterocycles. The predicted octanol–water partition coefficient (Wildman–Crippen LogP) is 6.62. The van der Waals surface area contributed by atoms with Crippen molar-refractivity contribution in [3.05, 3.63) is 64.6 Å². The van der Waals surface area contributed by atoms with Crippen molar-refractivity contribution < 1.29 is 33.3 Å². The van der Waals surface area contributed by atoms with E-state index < -0.39 is 46.6 Å². The van der Waals surface area contributed by atoms with E-state index in [2.05, 4.69) is 17.2 Å². The van der Waals surface area contributed by atoms with Gasteiger partial charge in [0, 0.05) is 24.4 Å². The number of carbonyl (C=O) groups excluding carboxylic acids is 2. The van der Waals surface area contributed by atoms with Gasteiger partial charge in [0.05, 0.1) is 23.2 Å². The number of furan rings is 1. The van der Waals surface area contributed by atoms with Crippen LogP contribution in [-0.4, -0.2) is 56.0 Å². The van der Waals surface area contributed by atoms with E-state index in [1.807, 2.05) is 0 Å². The molecule has 11 nitrogen and oxygen atoms in total. The largest absolute Gasteiger partial charge is 0.493 e. The molecule has 11 heteroatoms. The molecule has 0 saturated heterocycles. The van der Waals surface area contributed by atoms with Gasteiger partial charge in [-0.05, 0) is 78.6 Å². The van der Waals surface area contributed by atoms with Gasteiger partial charge in [-0.15, -0.1) is 5.10 Å². The van der Waals surface area contributed by atoms with Crippen molar-refractivity contribution in [2.24, 2.45) is 5.41 Å². The third-order valence-corrected chi connectivity index (χ3v) is 7.73. The molecule has 1 N–H and O–H groups in total. The van der Waals surface area contributed by atoms with E-state index in [0.29, 0.717) is 34.2 Å². The Bertz CT molecular complexity index is 1750. The zero-order chi connectivity index (χ0) is 34.4. The Morgan fingerprint density at radius 3 is 2.43 bits per heavy atom. The molecule has 47 heavy (non-hydrogen) atoms. The number of Topliss-reactive ketones (excluding diaryl/α,β-unsaturated/α-hetero) is 1. The molecule has 2 aromatic heterocycles. The van der Waals surface area contributed by atoms with Crippen LogP contribution in [-0.2, 0) is 20.8 Å². The predicted molar refractivity (Wildman–Crippen MR) is 178 cm³/mol. The second-order valence-corrected chi connectivity index (χ2v) is 13.9. The third-order valence-electron chi connectivity index (χ3n) is 7.73. The maximum atomic E-state index is 14.1. The number of carbonyl (C=O) groups is 2. The summed E-state index contributed by atoms with van der Waals surface area (Å²) >= 11 is 0. The number of hydrogen-bond donors (Lipinski definition) is 1. The molecule has 2 unspecified atom stereocenters. The number of esters is 1. The number of nitrogens with zero attached hydrogens (tertiary/aromatic N) is 3. The Balaban J connectivity index is 1.70. The van der Waals surface area contributed by atoms with Gasteiger partial charge in [-0.3, -0.25) is 14.4 Å². The minimum Gasteiger partial charge on any atom is -0.493 e. The second-order valence-electron chi connectivity index (χ2n) is 13.9.